The van der Waals surface area contributed by atoms with Gasteiger partial charge < -0.3 is 19.2 Å². The Morgan fingerprint density at radius 3 is 2.50 bits per heavy atom. The zero-order valence-corrected chi connectivity index (χ0v) is 14.3. The number of nitrogens with zero attached hydrogens (tertiary/aromatic N) is 4. The number of anilines is 1. The van der Waals surface area contributed by atoms with Crippen molar-refractivity contribution in [3.05, 3.63) is 12.4 Å². The highest BCUT2D eigenvalue weighted by atomic mass is 16.7. The Hall–Kier alpha value is -1.67. The summed E-state index contributed by atoms with van der Waals surface area (Å²) in [7, 11) is 5.61. The lowest BCUT2D eigenvalue weighted by atomic mass is 10.0. The van der Waals surface area contributed by atoms with Crippen LogP contribution in [0.1, 0.15) is 26.7 Å². The molecule has 3 heterocycles. The average molecular weight is 330 g/mol. The van der Waals surface area contributed by atoms with Crippen molar-refractivity contribution in [1.82, 2.24) is 9.97 Å². The summed E-state index contributed by atoms with van der Waals surface area (Å²) < 4.78 is 11.2. The molecule has 2 aliphatic rings. The molecule has 24 heavy (non-hydrogen) atoms. The molecule has 0 N–H and O–H groups in total. The summed E-state index contributed by atoms with van der Waals surface area (Å²) in [6.45, 7) is 7.29. The first-order chi connectivity index (χ1) is 11.5. The van der Waals surface area contributed by atoms with Crippen molar-refractivity contribution in [2.45, 2.75) is 32.5 Å². The van der Waals surface area contributed by atoms with Crippen molar-refractivity contribution >= 4 is 25.0 Å². The molecular formula is C16H23BN4O3. The Morgan fingerprint density at radius 2 is 1.88 bits per heavy atom. The molecule has 1 aromatic heterocycles. The molecule has 0 aromatic carbocycles. The Morgan fingerprint density at radius 1 is 1.25 bits per heavy atom. The second-order valence-electron chi connectivity index (χ2n) is 6.64. The summed E-state index contributed by atoms with van der Waals surface area (Å²) in [5.41, 5.74) is 1.64. The highest BCUT2D eigenvalue weighted by molar-refractivity contribution is 6.31. The molecule has 0 saturated carbocycles. The van der Waals surface area contributed by atoms with Gasteiger partial charge in [-0.15, -0.1) is 0 Å². The van der Waals surface area contributed by atoms with E-state index in [1.807, 2.05) is 13.8 Å². The third-order valence-corrected chi connectivity index (χ3v) is 4.12. The molecule has 128 valence electrons. The first-order valence-electron chi connectivity index (χ1n) is 8.30. The molecule has 0 unspecified atom stereocenters. The normalized spacial score (nSPS) is 21.6. The van der Waals surface area contributed by atoms with Crippen LogP contribution < -0.4 is 10.4 Å². The molecule has 2 saturated heterocycles. The average Bonchev–Trinajstić information content (AvgIpc) is 2.58. The van der Waals surface area contributed by atoms with Gasteiger partial charge in [-0.1, -0.05) is 10.6 Å². The number of rotatable bonds is 4. The van der Waals surface area contributed by atoms with E-state index < -0.39 is 5.79 Å². The monoisotopic (exact) mass is 330 g/mol. The minimum atomic E-state index is -0.487. The van der Waals surface area contributed by atoms with Gasteiger partial charge in [0.15, 0.2) is 5.79 Å². The van der Waals surface area contributed by atoms with E-state index in [1.54, 1.807) is 12.4 Å². The van der Waals surface area contributed by atoms with Crippen LogP contribution in [-0.2, 0) is 14.3 Å². The third kappa shape index (κ3) is 4.67. The van der Waals surface area contributed by atoms with Gasteiger partial charge in [-0.25, -0.2) is 9.97 Å². The largest absolute Gasteiger partial charge is 0.395 e. The molecule has 0 bridgehead atoms. The molecule has 0 spiro atoms. The lowest BCUT2D eigenvalue weighted by Crippen LogP contribution is -2.40. The van der Waals surface area contributed by atoms with Crippen LogP contribution in [0.25, 0.3) is 0 Å². The van der Waals surface area contributed by atoms with E-state index in [0.29, 0.717) is 31.2 Å². The summed E-state index contributed by atoms with van der Waals surface area (Å²) in [6, 6.07) is 0. The number of oxime groups is 1. The lowest BCUT2D eigenvalue weighted by Gasteiger charge is -2.34. The topological polar surface area (TPSA) is 69.1 Å². The van der Waals surface area contributed by atoms with E-state index in [9.17, 15) is 0 Å². The van der Waals surface area contributed by atoms with Crippen molar-refractivity contribution in [2.24, 2.45) is 11.1 Å². The predicted molar refractivity (Wildman–Crippen MR) is 91.7 cm³/mol. The lowest BCUT2D eigenvalue weighted by molar-refractivity contribution is -0.266. The standard InChI is InChI=1S/C16H23BN4O3/c1-16(2)22-9-12(10-23-16)11-24-20-14-3-5-21(6-4-14)15-18-7-13(17)8-19-15/h7-8,12H,3-6,9-11H2,1-2H3. The molecule has 2 aliphatic heterocycles. The first kappa shape index (κ1) is 17.2. The molecule has 2 radical (unpaired) electrons. The second kappa shape index (κ2) is 7.48. The SMILES string of the molecule is [B]c1cnc(N2CCC(=NOCC3COC(C)(C)OC3)CC2)nc1. The van der Waals surface area contributed by atoms with Crippen LogP contribution in [0.5, 0.6) is 0 Å². The Labute approximate surface area is 143 Å². The zero-order chi connectivity index (χ0) is 17.0. The number of ether oxygens (including phenoxy) is 2. The fourth-order valence-corrected chi connectivity index (χ4v) is 2.61. The summed E-state index contributed by atoms with van der Waals surface area (Å²) in [6.07, 6.45) is 4.95. The maximum absolute atomic E-state index is 5.61. The van der Waals surface area contributed by atoms with E-state index in [2.05, 4.69) is 20.0 Å². The van der Waals surface area contributed by atoms with Crippen molar-refractivity contribution in [2.75, 3.05) is 37.8 Å². The molecule has 0 amide bonds. The van der Waals surface area contributed by atoms with E-state index >= 15 is 0 Å². The highest BCUT2D eigenvalue weighted by Crippen LogP contribution is 2.20. The van der Waals surface area contributed by atoms with Gasteiger partial charge in [0.25, 0.3) is 0 Å². The molecule has 0 atom stereocenters. The van der Waals surface area contributed by atoms with Crippen LogP contribution in [-0.4, -0.2) is 62.2 Å². The summed E-state index contributed by atoms with van der Waals surface area (Å²) in [5, 5.41) is 4.27. The Balaban J connectivity index is 1.40. The quantitative estimate of drug-likeness (QED) is 0.596. The van der Waals surface area contributed by atoms with Crippen molar-refractivity contribution in [3.8, 4) is 0 Å². The summed E-state index contributed by atoms with van der Waals surface area (Å²) in [4.78, 5) is 16.1. The van der Waals surface area contributed by atoms with Gasteiger partial charge in [0.2, 0.25) is 5.95 Å². The number of hydrogen-bond donors (Lipinski definition) is 0. The maximum atomic E-state index is 5.61. The predicted octanol–water partition coefficient (Wildman–Crippen LogP) is 0.642. The van der Waals surface area contributed by atoms with Crippen LogP contribution in [0.4, 0.5) is 5.95 Å². The van der Waals surface area contributed by atoms with Gasteiger partial charge in [-0.05, 0) is 13.8 Å². The fraction of sp³-hybridized carbons (Fsp3) is 0.688. The number of aromatic nitrogens is 2. The van der Waals surface area contributed by atoms with Gasteiger partial charge in [0.1, 0.15) is 14.5 Å². The highest BCUT2D eigenvalue weighted by Gasteiger charge is 2.28. The maximum Gasteiger partial charge on any atom is 0.225 e. The van der Waals surface area contributed by atoms with Crippen LogP contribution in [0, 0.1) is 5.92 Å². The van der Waals surface area contributed by atoms with E-state index in [1.165, 1.54) is 0 Å². The minimum Gasteiger partial charge on any atom is -0.395 e. The van der Waals surface area contributed by atoms with Crippen LogP contribution in [0.15, 0.2) is 17.5 Å². The smallest absolute Gasteiger partial charge is 0.225 e. The Kier molecular flexibility index (Phi) is 5.35. The van der Waals surface area contributed by atoms with Gasteiger partial charge >= 0.3 is 0 Å². The molecular weight excluding hydrogens is 307 g/mol. The van der Waals surface area contributed by atoms with E-state index in [4.69, 9.17) is 22.2 Å². The number of hydrogen-bond acceptors (Lipinski definition) is 7. The second-order valence-corrected chi connectivity index (χ2v) is 6.64. The van der Waals surface area contributed by atoms with E-state index in [0.717, 1.165) is 31.6 Å². The fourth-order valence-electron chi connectivity index (χ4n) is 2.61. The molecule has 7 nitrogen and oxygen atoms in total. The third-order valence-electron chi connectivity index (χ3n) is 4.12. The zero-order valence-electron chi connectivity index (χ0n) is 14.3. The molecule has 1 aromatic rings. The van der Waals surface area contributed by atoms with Crippen molar-refractivity contribution in [1.29, 1.82) is 0 Å². The molecule has 3 rings (SSSR count). The van der Waals surface area contributed by atoms with Crippen LogP contribution >= 0.6 is 0 Å². The van der Waals surface area contributed by atoms with Gasteiger partial charge in [0.05, 0.1) is 18.9 Å². The van der Waals surface area contributed by atoms with Gasteiger partial charge in [0, 0.05) is 44.2 Å². The molecule has 2 fully saturated rings. The molecule has 8 heteroatoms. The number of piperidine rings is 1. The Bertz CT molecular complexity index is 559. The van der Waals surface area contributed by atoms with Crippen molar-refractivity contribution in [3.63, 3.8) is 0 Å². The minimum absolute atomic E-state index is 0.227. The van der Waals surface area contributed by atoms with Crippen LogP contribution in [0.3, 0.4) is 0 Å². The summed E-state index contributed by atoms with van der Waals surface area (Å²) >= 11 is 0. The van der Waals surface area contributed by atoms with Gasteiger partial charge in [-0.2, -0.15) is 0 Å². The van der Waals surface area contributed by atoms with Gasteiger partial charge in [-0.3, -0.25) is 0 Å². The van der Waals surface area contributed by atoms with Crippen LogP contribution in [0.2, 0.25) is 0 Å². The molecule has 0 aliphatic carbocycles. The van der Waals surface area contributed by atoms with E-state index in [-0.39, 0.29) is 5.92 Å². The van der Waals surface area contributed by atoms with Crippen molar-refractivity contribution < 1.29 is 14.3 Å². The summed E-state index contributed by atoms with van der Waals surface area (Å²) in [5.74, 6) is 0.452. The first-order valence-corrected chi connectivity index (χ1v) is 8.30.